The van der Waals surface area contributed by atoms with Gasteiger partial charge >= 0.3 is 5.97 Å². The van der Waals surface area contributed by atoms with E-state index >= 15 is 0 Å². The molecule has 0 spiro atoms. The van der Waals surface area contributed by atoms with Crippen molar-refractivity contribution in [2.24, 2.45) is 0 Å². The molecule has 0 aromatic heterocycles. The van der Waals surface area contributed by atoms with Gasteiger partial charge in [-0.25, -0.2) is 0 Å². The zero-order chi connectivity index (χ0) is 12.3. The van der Waals surface area contributed by atoms with Gasteiger partial charge in [0, 0.05) is 38.8 Å². The smallest absolute Gasteiger partial charge is 0.322 e. The van der Waals surface area contributed by atoms with Crippen LogP contribution in [0.2, 0.25) is 0 Å². The Morgan fingerprint density at radius 1 is 1.35 bits per heavy atom. The van der Waals surface area contributed by atoms with E-state index in [0.717, 1.165) is 32.2 Å². The first-order chi connectivity index (χ1) is 8.20. The van der Waals surface area contributed by atoms with Gasteiger partial charge in [0.1, 0.15) is 6.04 Å². The Hall–Kier alpha value is -0.650. The summed E-state index contributed by atoms with van der Waals surface area (Å²) in [5, 5.41) is 12.1. The molecule has 1 aliphatic heterocycles. The van der Waals surface area contributed by atoms with Gasteiger partial charge in [0.15, 0.2) is 0 Å². The summed E-state index contributed by atoms with van der Waals surface area (Å²) in [6, 6.07) is 0.411. The molecule has 0 aromatic rings. The molecule has 2 aliphatic rings. The summed E-state index contributed by atoms with van der Waals surface area (Å²) in [7, 11) is 0. The van der Waals surface area contributed by atoms with Crippen LogP contribution in [0.3, 0.4) is 0 Å². The van der Waals surface area contributed by atoms with Gasteiger partial charge in [-0.3, -0.25) is 14.6 Å². The van der Waals surface area contributed by atoms with Crippen molar-refractivity contribution in [1.82, 2.24) is 15.1 Å². The second kappa shape index (κ2) is 5.80. The number of nitrogens with one attached hydrogen (secondary N) is 1. The molecule has 5 heteroatoms. The molecule has 1 unspecified atom stereocenters. The zero-order valence-electron chi connectivity index (χ0n) is 10.6. The van der Waals surface area contributed by atoms with Crippen molar-refractivity contribution >= 4 is 5.97 Å². The molecular formula is C12H23N3O2. The van der Waals surface area contributed by atoms with Crippen LogP contribution in [0.4, 0.5) is 0 Å². The first-order valence-corrected chi connectivity index (χ1v) is 6.63. The number of carbonyl (C=O) groups is 1. The average Bonchev–Trinajstić information content (AvgIpc) is 3.13. The van der Waals surface area contributed by atoms with Crippen molar-refractivity contribution in [2.75, 3.05) is 39.3 Å². The first kappa shape index (κ1) is 12.8. The monoisotopic (exact) mass is 241 g/mol. The zero-order valence-corrected chi connectivity index (χ0v) is 10.6. The number of piperazine rings is 1. The molecule has 1 saturated carbocycles. The molecule has 0 bridgehead atoms. The van der Waals surface area contributed by atoms with Crippen LogP contribution in [-0.4, -0.2) is 72.2 Å². The molecule has 17 heavy (non-hydrogen) atoms. The maximum Gasteiger partial charge on any atom is 0.322 e. The lowest BCUT2D eigenvalue weighted by Crippen LogP contribution is -2.53. The summed E-state index contributed by atoms with van der Waals surface area (Å²) in [5.41, 5.74) is 0. The maximum absolute atomic E-state index is 11.0. The van der Waals surface area contributed by atoms with Crippen LogP contribution in [0, 0.1) is 0 Å². The highest BCUT2D eigenvalue weighted by molar-refractivity contribution is 5.73. The van der Waals surface area contributed by atoms with Crippen molar-refractivity contribution in [3.8, 4) is 0 Å². The Balaban J connectivity index is 1.73. The Morgan fingerprint density at radius 2 is 2.00 bits per heavy atom. The Labute approximate surface area is 103 Å². The topological polar surface area (TPSA) is 55.8 Å². The largest absolute Gasteiger partial charge is 0.480 e. The van der Waals surface area contributed by atoms with E-state index in [9.17, 15) is 4.79 Å². The van der Waals surface area contributed by atoms with Crippen LogP contribution in [0.5, 0.6) is 0 Å². The van der Waals surface area contributed by atoms with Crippen molar-refractivity contribution in [3.05, 3.63) is 0 Å². The lowest BCUT2D eigenvalue weighted by Gasteiger charge is -2.35. The summed E-state index contributed by atoms with van der Waals surface area (Å²) in [5.74, 6) is -0.739. The number of carboxylic acids is 1. The molecule has 2 N–H and O–H groups in total. The fourth-order valence-corrected chi connectivity index (χ4v) is 2.49. The second-order valence-electron chi connectivity index (χ2n) is 5.02. The van der Waals surface area contributed by atoms with E-state index in [2.05, 4.69) is 15.1 Å². The number of nitrogens with zero attached hydrogens (tertiary/aromatic N) is 2. The number of hydrogen-bond acceptors (Lipinski definition) is 4. The Morgan fingerprint density at radius 3 is 2.47 bits per heavy atom. The van der Waals surface area contributed by atoms with Crippen molar-refractivity contribution in [1.29, 1.82) is 0 Å². The second-order valence-corrected chi connectivity index (χ2v) is 5.02. The number of aliphatic carboxylic acids is 1. The molecule has 1 saturated heterocycles. The normalized spacial score (nSPS) is 24.8. The molecule has 0 radical (unpaired) electrons. The van der Waals surface area contributed by atoms with E-state index in [1.165, 1.54) is 12.8 Å². The number of hydrogen-bond donors (Lipinski definition) is 2. The highest BCUT2D eigenvalue weighted by atomic mass is 16.4. The van der Waals surface area contributed by atoms with E-state index in [0.29, 0.717) is 13.1 Å². The molecule has 0 aromatic carbocycles. The van der Waals surface area contributed by atoms with Crippen LogP contribution in [0.1, 0.15) is 19.8 Å². The summed E-state index contributed by atoms with van der Waals surface area (Å²) in [6.07, 6.45) is 2.71. The molecule has 0 amide bonds. The van der Waals surface area contributed by atoms with E-state index < -0.39 is 12.0 Å². The quantitative estimate of drug-likeness (QED) is 0.676. The highest BCUT2D eigenvalue weighted by Gasteiger charge is 2.32. The third-order valence-electron chi connectivity index (χ3n) is 3.66. The third-order valence-corrected chi connectivity index (χ3v) is 3.66. The number of likely N-dealkylation sites (N-methyl/N-ethyl adjacent to an activating group) is 1. The van der Waals surface area contributed by atoms with Gasteiger partial charge in [-0.05, 0) is 19.4 Å². The van der Waals surface area contributed by atoms with Gasteiger partial charge in [0.05, 0.1) is 0 Å². The third kappa shape index (κ3) is 3.66. The minimum absolute atomic E-state index is 0.424. The standard InChI is InChI=1S/C12H23N3O2/c1-2-13-11(12(16)17)9-14-5-7-15(8-6-14)10-3-4-10/h10-11,13H,2-9H2,1H3,(H,16,17). The lowest BCUT2D eigenvalue weighted by atomic mass is 10.2. The van der Waals surface area contributed by atoms with E-state index in [-0.39, 0.29) is 0 Å². The lowest BCUT2D eigenvalue weighted by molar-refractivity contribution is -0.140. The van der Waals surface area contributed by atoms with Crippen LogP contribution >= 0.6 is 0 Å². The highest BCUT2D eigenvalue weighted by Crippen LogP contribution is 2.27. The minimum atomic E-state index is -0.739. The Kier molecular flexibility index (Phi) is 4.36. The fourth-order valence-electron chi connectivity index (χ4n) is 2.49. The van der Waals surface area contributed by atoms with Gasteiger partial charge in [0.2, 0.25) is 0 Å². The van der Waals surface area contributed by atoms with E-state index in [1.807, 2.05) is 6.92 Å². The van der Waals surface area contributed by atoms with Gasteiger partial charge in [-0.2, -0.15) is 0 Å². The molecule has 5 nitrogen and oxygen atoms in total. The Bertz CT molecular complexity index is 260. The SMILES string of the molecule is CCNC(CN1CCN(C2CC2)CC1)C(=O)O. The van der Waals surface area contributed by atoms with E-state index in [4.69, 9.17) is 5.11 Å². The molecule has 1 atom stereocenters. The molecule has 1 aliphatic carbocycles. The molecular weight excluding hydrogens is 218 g/mol. The van der Waals surface area contributed by atoms with Gasteiger partial charge < -0.3 is 10.4 Å². The van der Waals surface area contributed by atoms with Crippen molar-refractivity contribution in [3.63, 3.8) is 0 Å². The van der Waals surface area contributed by atoms with Crippen LogP contribution in [0.25, 0.3) is 0 Å². The first-order valence-electron chi connectivity index (χ1n) is 6.63. The number of rotatable bonds is 6. The molecule has 2 fully saturated rings. The fraction of sp³-hybridized carbons (Fsp3) is 0.917. The summed E-state index contributed by atoms with van der Waals surface area (Å²) < 4.78 is 0. The maximum atomic E-state index is 11.0. The molecule has 2 rings (SSSR count). The average molecular weight is 241 g/mol. The van der Waals surface area contributed by atoms with Crippen molar-refractivity contribution in [2.45, 2.75) is 31.8 Å². The van der Waals surface area contributed by atoms with Crippen LogP contribution in [0.15, 0.2) is 0 Å². The van der Waals surface area contributed by atoms with Gasteiger partial charge in [0.25, 0.3) is 0 Å². The van der Waals surface area contributed by atoms with Gasteiger partial charge in [-0.1, -0.05) is 6.92 Å². The summed E-state index contributed by atoms with van der Waals surface area (Å²) in [4.78, 5) is 15.9. The van der Waals surface area contributed by atoms with E-state index in [1.54, 1.807) is 0 Å². The van der Waals surface area contributed by atoms with Gasteiger partial charge in [-0.15, -0.1) is 0 Å². The molecule has 98 valence electrons. The van der Waals surface area contributed by atoms with Crippen molar-refractivity contribution < 1.29 is 9.90 Å². The van der Waals surface area contributed by atoms with Crippen LogP contribution in [-0.2, 0) is 4.79 Å². The summed E-state index contributed by atoms with van der Waals surface area (Å²) in [6.45, 7) is 7.49. The summed E-state index contributed by atoms with van der Waals surface area (Å²) >= 11 is 0. The predicted octanol–water partition coefficient (Wildman–Crippen LogP) is -0.171. The predicted molar refractivity (Wildman–Crippen MR) is 66.1 cm³/mol. The number of carboxylic acid groups (broad SMARTS) is 1. The molecule has 1 heterocycles. The minimum Gasteiger partial charge on any atom is -0.480 e. The van der Waals surface area contributed by atoms with Crippen LogP contribution < -0.4 is 5.32 Å².